The van der Waals surface area contributed by atoms with E-state index < -0.39 is 0 Å². The summed E-state index contributed by atoms with van der Waals surface area (Å²) in [5.41, 5.74) is 0.481. The second-order valence-corrected chi connectivity index (χ2v) is 2.95. The highest BCUT2D eigenvalue weighted by molar-refractivity contribution is 5.06. The molecule has 0 fully saturated rings. The molecule has 0 unspecified atom stereocenters. The number of hydrogen-bond acceptors (Lipinski definition) is 4. The van der Waals surface area contributed by atoms with E-state index in [1.54, 1.807) is 6.92 Å². The minimum Gasteiger partial charge on any atom is -0.468 e. The first kappa shape index (κ1) is 10.7. The highest BCUT2D eigenvalue weighted by atomic mass is 16.5. The molecule has 1 N–H and O–H groups in total. The summed E-state index contributed by atoms with van der Waals surface area (Å²) in [7, 11) is 1.47. The number of rotatable bonds is 4. The van der Waals surface area contributed by atoms with Crippen LogP contribution in [-0.2, 0) is 6.54 Å². The van der Waals surface area contributed by atoms with Crippen molar-refractivity contribution in [2.45, 2.75) is 19.9 Å². The van der Waals surface area contributed by atoms with Gasteiger partial charge in [-0.1, -0.05) is 0 Å². The molecule has 0 radical (unpaired) electrons. The third-order valence-electron chi connectivity index (χ3n) is 1.82. The fourth-order valence-electron chi connectivity index (χ4n) is 1.18. The number of nitrogens with zero attached hydrogens (tertiary/aromatic N) is 2. The van der Waals surface area contributed by atoms with Crippen LogP contribution in [0.25, 0.3) is 0 Å². The molecule has 0 bridgehead atoms. The van der Waals surface area contributed by atoms with Gasteiger partial charge in [0.05, 0.1) is 7.11 Å². The van der Waals surface area contributed by atoms with Crippen LogP contribution >= 0.6 is 0 Å². The van der Waals surface area contributed by atoms with Gasteiger partial charge in [-0.2, -0.15) is 0 Å². The van der Waals surface area contributed by atoms with Gasteiger partial charge in [0.15, 0.2) is 0 Å². The van der Waals surface area contributed by atoms with Crippen molar-refractivity contribution in [2.24, 2.45) is 0 Å². The zero-order chi connectivity index (χ0) is 10.6. The van der Waals surface area contributed by atoms with E-state index in [0.29, 0.717) is 24.7 Å². The van der Waals surface area contributed by atoms with Crippen molar-refractivity contribution in [3.63, 3.8) is 0 Å². The smallest absolute Gasteiger partial charge is 0.299 e. The van der Waals surface area contributed by atoms with Crippen molar-refractivity contribution in [1.82, 2.24) is 9.55 Å². The number of aliphatic hydroxyl groups is 1. The maximum absolute atomic E-state index is 11.5. The van der Waals surface area contributed by atoms with E-state index in [4.69, 9.17) is 9.84 Å². The van der Waals surface area contributed by atoms with Crippen molar-refractivity contribution >= 4 is 0 Å². The molecule has 5 heteroatoms. The summed E-state index contributed by atoms with van der Waals surface area (Å²) in [6, 6.07) is 1.74. The van der Waals surface area contributed by atoms with E-state index in [9.17, 15) is 4.79 Å². The van der Waals surface area contributed by atoms with Crippen LogP contribution in [0, 0.1) is 6.92 Å². The summed E-state index contributed by atoms with van der Waals surface area (Å²) < 4.78 is 6.38. The average molecular weight is 198 g/mol. The minimum atomic E-state index is -0.150. The van der Waals surface area contributed by atoms with E-state index in [1.165, 1.54) is 17.7 Å². The number of aromatic nitrogens is 2. The molecule has 0 aliphatic carbocycles. The lowest BCUT2D eigenvalue weighted by atomic mass is 10.4. The quantitative estimate of drug-likeness (QED) is 0.736. The zero-order valence-electron chi connectivity index (χ0n) is 8.36. The summed E-state index contributed by atoms with van der Waals surface area (Å²) >= 11 is 0. The first-order chi connectivity index (χ1) is 6.69. The van der Waals surface area contributed by atoms with Crippen LogP contribution in [-0.4, -0.2) is 28.4 Å². The third-order valence-corrected chi connectivity index (χ3v) is 1.82. The van der Waals surface area contributed by atoms with Crippen molar-refractivity contribution in [2.75, 3.05) is 13.7 Å². The molecule has 0 spiro atoms. The molecular weight excluding hydrogens is 184 g/mol. The molecule has 0 aliphatic heterocycles. The number of aliphatic hydroxyl groups excluding tert-OH is 1. The first-order valence-corrected chi connectivity index (χ1v) is 4.42. The summed E-state index contributed by atoms with van der Waals surface area (Å²) in [4.78, 5) is 15.6. The van der Waals surface area contributed by atoms with E-state index in [2.05, 4.69) is 4.98 Å². The number of aryl methyl sites for hydroxylation is 1. The van der Waals surface area contributed by atoms with Gasteiger partial charge in [0.25, 0.3) is 11.6 Å². The Hall–Kier alpha value is -1.36. The second kappa shape index (κ2) is 4.76. The fraction of sp³-hybridized carbons (Fsp3) is 0.556. The van der Waals surface area contributed by atoms with Crippen LogP contribution in [0.3, 0.4) is 0 Å². The van der Waals surface area contributed by atoms with Crippen molar-refractivity contribution in [3.8, 4) is 6.01 Å². The first-order valence-electron chi connectivity index (χ1n) is 4.42. The summed E-state index contributed by atoms with van der Waals surface area (Å²) in [5, 5.41) is 8.66. The van der Waals surface area contributed by atoms with Gasteiger partial charge in [0.2, 0.25) is 0 Å². The Labute approximate surface area is 82.0 Å². The van der Waals surface area contributed by atoms with Crippen molar-refractivity contribution in [3.05, 3.63) is 22.1 Å². The van der Waals surface area contributed by atoms with Gasteiger partial charge in [0, 0.05) is 24.9 Å². The van der Waals surface area contributed by atoms with Crippen molar-refractivity contribution < 1.29 is 9.84 Å². The molecule has 0 aromatic carbocycles. The second-order valence-electron chi connectivity index (χ2n) is 2.95. The largest absolute Gasteiger partial charge is 0.468 e. The van der Waals surface area contributed by atoms with Gasteiger partial charge >= 0.3 is 0 Å². The average Bonchev–Trinajstić information content (AvgIpc) is 2.15. The van der Waals surface area contributed by atoms with Crippen LogP contribution in [0.5, 0.6) is 6.01 Å². The van der Waals surface area contributed by atoms with Gasteiger partial charge in [-0.3, -0.25) is 9.36 Å². The summed E-state index contributed by atoms with van der Waals surface area (Å²) in [6.45, 7) is 2.20. The molecule has 0 aliphatic rings. The van der Waals surface area contributed by atoms with Crippen LogP contribution < -0.4 is 10.3 Å². The monoisotopic (exact) mass is 198 g/mol. The third kappa shape index (κ3) is 2.32. The minimum absolute atomic E-state index is 0.0451. The highest BCUT2D eigenvalue weighted by Crippen LogP contribution is 2.04. The molecule has 5 nitrogen and oxygen atoms in total. The molecular formula is C9H14N2O3. The van der Waals surface area contributed by atoms with Crippen LogP contribution in [0.2, 0.25) is 0 Å². The molecule has 1 heterocycles. The Balaban J connectivity index is 3.06. The lowest BCUT2D eigenvalue weighted by Crippen LogP contribution is -2.23. The maximum Gasteiger partial charge on any atom is 0.299 e. The fourth-order valence-corrected chi connectivity index (χ4v) is 1.18. The van der Waals surface area contributed by atoms with E-state index in [-0.39, 0.29) is 12.2 Å². The van der Waals surface area contributed by atoms with Gasteiger partial charge < -0.3 is 9.84 Å². The molecule has 0 atom stereocenters. The molecule has 1 aromatic rings. The summed E-state index contributed by atoms with van der Waals surface area (Å²) in [5.74, 6) is 0. The van der Waals surface area contributed by atoms with E-state index in [1.807, 2.05) is 0 Å². The normalized spacial score (nSPS) is 10.2. The molecule has 14 heavy (non-hydrogen) atoms. The van der Waals surface area contributed by atoms with Crippen LogP contribution in [0.15, 0.2) is 10.9 Å². The van der Waals surface area contributed by atoms with Gasteiger partial charge in [-0.25, -0.2) is 4.98 Å². The number of methoxy groups -OCH3 is 1. The Morgan fingerprint density at radius 1 is 1.64 bits per heavy atom. The van der Waals surface area contributed by atoms with Gasteiger partial charge in [-0.05, 0) is 13.3 Å². The van der Waals surface area contributed by atoms with Crippen molar-refractivity contribution in [1.29, 1.82) is 0 Å². The summed E-state index contributed by atoms with van der Waals surface area (Å²) in [6.07, 6.45) is 0.515. The zero-order valence-corrected chi connectivity index (χ0v) is 8.36. The Morgan fingerprint density at radius 2 is 2.36 bits per heavy atom. The molecule has 0 amide bonds. The molecule has 78 valence electrons. The Morgan fingerprint density at radius 3 is 2.93 bits per heavy atom. The number of ether oxygens (including phenoxy) is 1. The highest BCUT2D eigenvalue weighted by Gasteiger charge is 2.05. The predicted octanol–water partition coefficient (Wildman–Crippen LogP) is -0.0573. The molecule has 1 aromatic heterocycles. The molecule has 0 saturated heterocycles. The maximum atomic E-state index is 11.5. The predicted molar refractivity (Wildman–Crippen MR) is 51.5 cm³/mol. The lowest BCUT2D eigenvalue weighted by Gasteiger charge is -2.09. The topological polar surface area (TPSA) is 64.3 Å². The van der Waals surface area contributed by atoms with Crippen LogP contribution in [0.4, 0.5) is 0 Å². The van der Waals surface area contributed by atoms with E-state index >= 15 is 0 Å². The van der Waals surface area contributed by atoms with Crippen LogP contribution in [0.1, 0.15) is 12.1 Å². The van der Waals surface area contributed by atoms with E-state index in [0.717, 1.165) is 0 Å². The Kier molecular flexibility index (Phi) is 3.64. The van der Waals surface area contributed by atoms with Gasteiger partial charge in [0.1, 0.15) is 0 Å². The standard InChI is InChI=1S/C9H14N2O3/c1-7-6-8(13)11(4-3-5-12)9(10-7)14-2/h6,12H,3-5H2,1-2H3. The SMILES string of the molecule is COc1nc(C)cc(=O)n1CCCO. The Bertz CT molecular complexity index is 360. The molecule has 0 saturated carbocycles. The number of hydrogen-bond donors (Lipinski definition) is 1. The van der Waals surface area contributed by atoms with Gasteiger partial charge in [-0.15, -0.1) is 0 Å². The molecule has 1 rings (SSSR count). The lowest BCUT2D eigenvalue weighted by molar-refractivity contribution is 0.270.